The van der Waals surface area contributed by atoms with Crippen molar-refractivity contribution < 1.29 is 23.1 Å². The van der Waals surface area contributed by atoms with Gasteiger partial charge in [0.25, 0.3) is 0 Å². The highest BCUT2D eigenvalue weighted by Gasteiger charge is 2.33. The molecular formula is C11H20N2O5S. The molecule has 7 nitrogen and oxygen atoms in total. The van der Waals surface area contributed by atoms with E-state index in [0.717, 1.165) is 6.26 Å². The molecule has 0 saturated carbocycles. The monoisotopic (exact) mass is 292 g/mol. The van der Waals surface area contributed by atoms with Gasteiger partial charge in [-0.15, -0.1) is 0 Å². The number of carbonyl (C=O) groups excluding carboxylic acids is 1. The molecule has 0 spiro atoms. The van der Waals surface area contributed by atoms with E-state index in [4.69, 9.17) is 5.11 Å². The third-order valence-corrected chi connectivity index (χ3v) is 4.76. The van der Waals surface area contributed by atoms with Crippen LogP contribution in [0.2, 0.25) is 0 Å². The summed E-state index contributed by atoms with van der Waals surface area (Å²) in [6.45, 7) is 1.98. The van der Waals surface area contributed by atoms with Crippen molar-refractivity contribution in [3.63, 3.8) is 0 Å². The molecule has 0 radical (unpaired) electrons. The number of rotatable bonds is 4. The third kappa shape index (κ3) is 3.90. The summed E-state index contributed by atoms with van der Waals surface area (Å²) in [4.78, 5) is 24.2. The first-order valence-corrected chi connectivity index (χ1v) is 7.94. The fourth-order valence-electron chi connectivity index (χ4n) is 2.09. The van der Waals surface area contributed by atoms with Crippen molar-refractivity contribution in [2.45, 2.75) is 25.8 Å². The van der Waals surface area contributed by atoms with Gasteiger partial charge in [0.05, 0.1) is 12.2 Å². The van der Waals surface area contributed by atoms with Gasteiger partial charge in [0.1, 0.15) is 6.04 Å². The molecule has 1 aliphatic rings. The Morgan fingerprint density at radius 3 is 2.47 bits per heavy atom. The highest BCUT2D eigenvalue weighted by molar-refractivity contribution is 7.88. The molecule has 0 aliphatic carbocycles. The van der Waals surface area contributed by atoms with Crippen molar-refractivity contribution in [3.8, 4) is 0 Å². The molecule has 1 N–H and O–H groups in total. The van der Waals surface area contributed by atoms with Crippen LogP contribution in [-0.4, -0.2) is 67.0 Å². The zero-order chi connectivity index (χ0) is 14.8. The van der Waals surface area contributed by atoms with E-state index in [9.17, 15) is 18.0 Å². The van der Waals surface area contributed by atoms with Crippen LogP contribution in [0.4, 0.5) is 0 Å². The minimum atomic E-state index is -3.31. The average molecular weight is 292 g/mol. The van der Waals surface area contributed by atoms with Crippen LogP contribution in [0.5, 0.6) is 0 Å². The molecule has 0 bridgehead atoms. The van der Waals surface area contributed by atoms with Crippen LogP contribution < -0.4 is 0 Å². The lowest BCUT2D eigenvalue weighted by atomic mass is 9.97. The van der Waals surface area contributed by atoms with Crippen molar-refractivity contribution in [1.82, 2.24) is 9.21 Å². The fourth-order valence-corrected chi connectivity index (χ4v) is 3.00. The lowest BCUT2D eigenvalue weighted by Crippen LogP contribution is -2.49. The topological polar surface area (TPSA) is 95.0 Å². The molecule has 1 saturated heterocycles. The summed E-state index contributed by atoms with van der Waals surface area (Å²) in [6.07, 6.45) is 2.31. The maximum Gasteiger partial charge on any atom is 0.326 e. The first-order chi connectivity index (χ1) is 8.64. The Kier molecular flexibility index (Phi) is 4.92. The Balaban J connectivity index is 2.75. The number of likely N-dealkylation sites (N-methyl/N-ethyl adjacent to an activating group) is 1. The van der Waals surface area contributed by atoms with E-state index in [-0.39, 0.29) is 12.5 Å². The van der Waals surface area contributed by atoms with Crippen LogP contribution in [-0.2, 0) is 19.6 Å². The Morgan fingerprint density at radius 1 is 1.42 bits per heavy atom. The number of sulfonamides is 1. The lowest BCUT2D eigenvalue weighted by Gasteiger charge is -2.33. The molecule has 2 atom stereocenters. The minimum absolute atomic E-state index is 0.133. The van der Waals surface area contributed by atoms with Gasteiger partial charge in [0.15, 0.2) is 0 Å². The van der Waals surface area contributed by atoms with E-state index < -0.39 is 28.0 Å². The largest absolute Gasteiger partial charge is 0.480 e. The van der Waals surface area contributed by atoms with E-state index in [1.165, 1.54) is 23.2 Å². The van der Waals surface area contributed by atoms with Gasteiger partial charge >= 0.3 is 5.97 Å². The molecular weight excluding hydrogens is 272 g/mol. The molecule has 110 valence electrons. The van der Waals surface area contributed by atoms with E-state index in [0.29, 0.717) is 19.4 Å². The first-order valence-electron chi connectivity index (χ1n) is 6.09. The van der Waals surface area contributed by atoms with Crippen LogP contribution in [0.1, 0.15) is 19.8 Å². The van der Waals surface area contributed by atoms with E-state index in [1.54, 1.807) is 0 Å². The summed E-state index contributed by atoms with van der Waals surface area (Å²) in [5.74, 6) is -1.86. The van der Waals surface area contributed by atoms with Crippen LogP contribution in [0.15, 0.2) is 0 Å². The number of carboxylic acid groups (broad SMARTS) is 1. The number of piperidine rings is 1. The maximum absolute atomic E-state index is 12.2. The van der Waals surface area contributed by atoms with Crippen LogP contribution in [0.25, 0.3) is 0 Å². The summed E-state index contributed by atoms with van der Waals surface area (Å²) < 4.78 is 24.2. The van der Waals surface area contributed by atoms with E-state index in [2.05, 4.69) is 0 Å². The predicted molar refractivity (Wildman–Crippen MR) is 69.0 cm³/mol. The molecule has 1 amide bonds. The Hall–Kier alpha value is -1.15. The Morgan fingerprint density at radius 2 is 2.00 bits per heavy atom. The van der Waals surface area contributed by atoms with Crippen molar-refractivity contribution in [3.05, 3.63) is 0 Å². The van der Waals surface area contributed by atoms with Crippen LogP contribution in [0, 0.1) is 5.92 Å². The zero-order valence-corrected chi connectivity index (χ0v) is 12.2. The van der Waals surface area contributed by atoms with Gasteiger partial charge in [-0.3, -0.25) is 4.79 Å². The highest BCUT2D eigenvalue weighted by atomic mass is 32.2. The number of aliphatic carboxylic acids is 1. The van der Waals surface area contributed by atoms with E-state index in [1.807, 2.05) is 0 Å². The smallest absolute Gasteiger partial charge is 0.326 e. The number of carbonyl (C=O) groups is 2. The summed E-state index contributed by atoms with van der Waals surface area (Å²) in [7, 11) is -1.88. The standard InChI is InChI=1S/C11H20N2O5S/c1-8(11(15)16)12(2)10(14)9-5-4-6-13(7-9)19(3,17)18/h8-9H,4-7H2,1-3H3,(H,15,16)/t8-,9+/m0/s1. The quantitative estimate of drug-likeness (QED) is 0.760. The predicted octanol–water partition coefficient (Wildman–Crippen LogP) is -0.410. The summed E-state index contributed by atoms with van der Waals surface area (Å²) in [6, 6.07) is -0.916. The summed E-state index contributed by atoms with van der Waals surface area (Å²) >= 11 is 0. The lowest BCUT2D eigenvalue weighted by molar-refractivity contribution is -0.150. The Bertz CT molecular complexity index is 462. The molecule has 0 aromatic carbocycles. The number of nitrogens with zero attached hydrogens (tertiary/aromatic N) is 2. The second-order valence-electron chi connectivity index (χ2n) is 4.92. The van der Waals surface area contributed by atoms with Gasteiger partial charge in [0.2, 0.25) is 15.9 Å². The first kappa shape index (κ1) is 15.9. The summed E-state index contributed by atoms with van der Waals surface area (Å²) in [5.41, 5.74) is 0. The van der Waals surface area contributed by atoms with Crippen LogP contribution >= 0.6 is 0 Å². The third-order valence-electron chi connectivity index (χ3n) is 3.49. The molecule has 8 heteroatoms. The normalized spacial score (nSPS) is 22.8. The van der Waals surface area contributed by atoms with Gasteiger partial charge < -0.3 is 10.0 Å². The highest BCUT2D eigenvalue weighted by Crippen LogP contribution is 2.21. The van der Waals surface area contributed by atoms with Crippen molar-refractivity contribution in [2.24, 2.45) is 5.92 Å². The maximum atomic E-state index is 12.2. The second kappa shape index (κ2) is 5.87. The molecule has 19 heavy (non-hydrogen) atoms. The van der Waals surface area contributed by atoms with Gasteiger partial charge in [0, 0.05) is 20.1 Å². The summed E-state index contributed by atoms with van der Waals surface area (Å²) in [5, 5.41) is 8.88. The fraction of sp³-hybridized carbons (Fsp3) is 0.818. The van der Waals surface area contributed by atoms with Gasteiger partial charge in [-0.1, -0.05) is 0 Å². The molecule has 0 unspecified atom stereocenters. The second-order valence-corrected chi connectivity index (χ2v) is 6.91. The minimum Gasteiger partial charge on any atom is -0.480 e. The molecule has 0 aromatic heterocycles. The average Bonchev–Trinajstić information content (AvgIpc) is 2.35. The number of carboxylic acids is 1. The van der Waals surface area contributed by atoms with Gasteiger partial charge in [-0.05, 0) is 19.8 Å². The van der Waals surface area contributed by atoms with E-state index >= 15 is 0 Å². The zero-order valence-electron chi connectivity index (χ0n) is 11.4. The Labute approximate surface area is 113 Å². The SMILES string of the molecule is C[C@@H](C(=O)O)N(C)C(=O)[C@@H]1CCCN(S(C)(=O)=O)C1. The molecule has 0 aromatic rings. The number of amides is 1. The van der Waals surface area contributed by atoms with Gasteiger partial charge in [-0.2, -0.15) is 0 Å². The number of hydrogen-bond donors (Lipinski definition) is 1. The number of hydrogen-bond acceptors (Lipinski definition) is 4. The van der Waals surface area contributed by atoms with Gasteiger partial charge in [-0.25, -0.2) is 17.5 Å². The van der Waals surface area contributed by atoms with Crippen molar-refractivity contribution in [2.75, 3.05) is 26.4 Å². The molecule has 1 rings (SSSR count). The van der Waals surface area contributed by atoms with Crippen molar-refractivity contribution >= 4 is 21.9 Å². The molecule has 1 aliphatic heterocycles. The van der Waals surface area contributed by atoms with Crippen molar-refractivity contribution in [1.29, 1.82) is 0 Å². The molecule has 1 fully saturated rings. The molecule has 1 heterocycles. The van der Waals surface area contributed by atoms with Crippen LogP contribution in [0.3, 0.4) is 0 Å².